The minimum Gasteiger partial charge on any atom is -0.275 e. The zero-order chi connectivity index (χ0) is 9.14. The fourth-order valence-electron chi connectivity index (χ4n) is 0.801. The van der Waals surface area contributed by atoms with E-state index < -0.39 is 11.1 Å². The summed E-state index contributed by atoms with van der Waals surface area (Å²) >= 11 is 7.24. The van der Waals surface area contributed by atoms with Gasteiger partial charge >= 0.3 is 0 Å². The van der Waals surface area contributed by atoms with Crippen LogP contribution in [0.3, 0.4) is 0 Å². The topological polar surface area (TPSA) is 17.1 Å². The Morgan fingerprint density at radius 3 is 2.67 bits per heavy atom. The standard InChI is InChI=1S/C8H5ClFIO/c9-8(12)6-2-1-5(4-11)3-7(6)10/h1-3H,4H2. The Bertz CT molecular complexity index is 314. The van der Waals surface area contributed by atoms with Crippen LogP contribution in [0.15, 0.2) is 18.2 Å². The number of benzene rings is 1. The van der Waals surface area contributed by atoms with Crippen molar-refractivity contribution in [2.24, 2.45) is 0 Å². The summed E-state index contributed by atoms with van der Waals surface area (Å²) in [4.78, 5) is 10.6. The van der Waals surface area contributed by atoms with Crippen LogP contribution in [0.4, 0.5) is 4.39 Å². The number of halogens is 3. The van der Waals surface area contributed by atoms with Crippen LogP contribution in [-0.2, 0) is 4.43 Å². The third-order valence-corrected chi connectivity index (χ3v) is 2.48. The zero-order valence-corrected chi connectivity index (χ0v) is 8.89. The van der Waals surface area contributed by atoms with Crippen molar-refractivity contribution >= 4 is 39.4 Å². The lowest BCUT2D eigenvalue weighted by Crippen LogP contribution is -1.94. The molecule has 0 heterocycles. The van der Waals surface area contributed by atoms with E-state index >= 15 is 0 Å². The molecule has 0 aliphatic carbocycles. The lowest BCUT2D eigenvalue weighted by atomic mass is 10.1. The summed E-state index contributed by atoms with van der Waals surface area (Å²) < 4.78 is 13.7. The molecule has 0 fully saturated rings. The van der Waals surface area contributed by atoms with Gasteiger partial charge in [0.25, 0.3) is 5.24 Å². The van der Waals surface area contributed by atoms with Crippen molar-refractivity contribution in [3.63, 3.8) is 0 Å². The summed E-state index contributed by atoms with van der Waals surface area (Å²) in [6.45, 7) is 0. The average Bonchev–Trinajstić information content (AvgIpc) is 2.03. The Balaban J connectivity index is 3.12. The number of hydrogen-bond donors (Lipinski definition) is 0. The largest absolute Gasteiger partial charge is 0.275 e. The fraction of sp³-hybridized carbons (Fsp3) is 0.125. The van der Waals surface area contributed by atoms with Crippen molar-refractivity contribution in [3.05, 3.63) is 35.1 Å². The lowest BCUT2D eigenvalue weighted by molar-refractivity contribution is 0.107. The van der Waals surface area contributed by atoms with E-state index in [-0.39, 0.29) is 5.56 Å². The van der Waals surface area contributed by atoms with E-state index in [0.717, 1.165) is 5.56 Å². The fourth-order valence-corrected chi connectivity index (χ4v) is 1.43. The van der Waals surface area contributed by atoms with Gasteiger partial charge in [0.05, 0.1) is 5.56 Å². The third-order valence-electron chi connectivity index (χ3n) is 1.40. The lowest BCUT2D eigenvalue weighted by Gasteiger charge is -1.98. The first-order chi connectivity index (χ1) is 5.65. The Labute approximate surface area is 88.1 Å². The summed E-state index contributed by atoms with van der Waals surface area (Å²) in [5.74, 6) is -0.552. The summed E-state index contributed by atoms with van der Waals surface area (Å²) in [6.07, 6.45) is 0. The smallest absolute Gasteiger partial charge is 0.255 e. The Hall–Kier alpha value is -0.160. The van der Waals surface area contributed by atoms with Crippen LogP contribution in [-0.4, -0.2) is 5.24 Å². The van der Waals surface area contributed by atoms with Crippen molar-refractivity contribution in [1.82, 2.24) is 0 Å². The zero-order valence-electron chi connectivity index (χ0n) is 5.98. The molecule has 0 spiro atoms. The number of rotatable bonds is 2. The summed E-state index contributed by atoms with van der Waals surface area (Å²) in [6, 6.07) is 4.41. The second kappa shape index (κ2) is 4.18. The van der Waals surface area contributed by atoms with Crippen molar-refractivity contribution in [2.75, 3.05) is 0 Å². The molecule has 1 rings (SSSR count). The van der Waals surface area contributed by atoms with Gasteiger partial charge in [0.15, 0.2) is 0 Å². The predicted molar refractivity (Wildman–Crippen MR) is 54.3 cm³/mol. The minimum atomic E-state index is -0.757. The highest BCUT2D eigenvalue weighted by atomic mass is 127. The molecule has 1 aromatic rings. The second-order valence-electron chi connectivity index (χ2n) is 2.22. The van der Waals surface area contributed by atoms with Gasteiger partial charge in [0, 0.05) is 4.43 Å². The van der Waals surface area contributed by atoms with Crippen LogP contribution in [0.25, 0.3) is 0 Å². The van der Waals surface area contributed by atoms with Crippen LogP contribution in [0, 0.1) is 5.82 Å². The first-order valence-corrected chi connectivity index (χ1v) is 5.09. The molecular formula is C8H5ClFIO. The van der Waals surface area contributed by atoms with Gasteiger partial charge in [-0.05, 0) is 29.3 Å². The molecule has 0 amide bonds. The maximum absolute atomic E-state index is 13.0. The average molecular weight is 298 g/mol. The third kappa shape index (κ3) is 2.17. The first-order valence-electron chi connectivity index (χ1n) is 3.19. The molecule has 0 aliphatic rings. The van der Waals surface area contributed by atoms with E-state index in [1.807, 2.05) is 0 Å². The first kappa shape index (κ1) is 9.92. The monoisotopic (exact) mass is 298 g/mol. The van der Waals surface area contributed by atoms with Crippen molar-refractivity contribution in [3.8, 4) is 0 Å². The second-order valence-corrected chi connectivity index (χ2v) is 3.33. The number of alkyl halides is 1. The van der Waals surface area contributed by atoms with Gasteiger partial charge < -0.3 is 0 Å². The maximum atomic E-state index is 13.0. The summed E-state index contributed by atoms with van der Waals surface area (Å²) in [7, 11) is 0. The van der Waals surface area contributed by atoms with E-state index in [9.17, 15) is 9.18 Å². The van der Waals surface area contributed by atoms with Crippen LogP contribution in [0.2, 0.25) is 0 Å². The minimum absolute atomic E-state index is 0.0646. The summed E-state index contributed by atoms with van der Waals surface area (Å²) in [5, 5.41) is -0.757. The number of carbonyl (C=O) groups is 1. The maximum Gasteiger partial charge on any atom is 0.255 e. The van der Waals surface area contributed by atoms with Crippen LogP contribution >= 0.6 is 34.2 Å². The van der Waals surface area contributed by atoms with Gasteiger partial charge in [0.2, 0.25) is 0 Å². The van der Waals surface area contributed by atoms with Gasteiger partial charge in [-0.2, -0.15) is 0 Å². The predicted octanol–water partition coefficient (Wildman–Crippen LogP) is 3.14. The van der Waals surface area contributed by atoms with Crippen LogP contribution < -0.4 is 0 Å². The number of carbonyl (C=O) groups excluding carboxylic acids is 1. The van der Waals surface area contributed by atoms with Gasteiger partial charge in [0.1, 0.15) is 5.82 Å². The van der Waals surface area contributed by atoms with Gasteiger partial charge in [-0.3, -0.25) is 4.79 Å². The van der Waals surface area contributed by atoms with Crippen molar-refractivity contribution in [2.45, 2.75) is 4.43 Å². The van der Waals surface area contributed by atoms with Gasteiger partial charge in [-0.1, -0.05) is 28.7 Å². The molecule has 0 saturated heterocycles. The molecule has 12 heavy (non-hydrogen) atoms. The quantitative estimate of drug-likeness (QED) is 0.466. The Kier molecular flexibility index (Phi) is 3.46. The van der Waals surface area contributed by atoms with Gasteiger partial charge in [-0.25, -0.2) is 4.39 Å². The molecule has 64 valence electrons. The SMILES string of the molecule is O=C(Cl)c1ccc(CI)cc1F. The number of hydrogen-bond acceptors (Lipinski definition) is 1. The Morgan fingerprint density at radius 2 is 2.25 bits per heavy atom. The van der Waals surface area contributed by atoms with Crippen LogP contribution in [0.1, 0.15) is 15.9 Å². The molecule has 0 aromatic heterocycles. The molecule has 0 radical (unpaired) electrons. The van der Waals surface area contributed by atoms with Crippen LogP contribution in [0.5, 0.6) is 0 Å². The normalized spacial score (nSPS) is 9.92. The highest BCUT2D eigenvalue weighted by Crippen LogP contribution is 2.14. The van der Waals surface area contributed by atoms with E-state index in [1.165, 1.54) is 12.1 Å². The molecule has 0 saturated carbocycles. The van der Waals surface area contributed by atoms with E-state index in [2.05, 4.69) is 22.6 Å². The Morgan fingerprint density at radius 1 is 1.58 bits per heavy atom. The molecule has 1 aromatic carbocycles. The van der Waals surface area contributed by atoms with Crippen molar-refractivity contribution < 1.29 is 9.18 Å². The molecule has 0 N–H and O–H groups in total. The summed E-state index contributed by atoms with van der Waals surface area (Å²) in [5.41, 5.74) is 0.778. The highest BCUT2D eigenvalue weighted by molar-refractivity contribution is 14.1. The molecule has 0 unspecified atom stereocenters. The van der Waals surface area contributed by atoms with Crippen molar-refractivity contribution in [1.29, 1.82) is 0 Å². The highest BCUT2D eigenvalue weighted by Gasteiger charge is 2.08. The van der Waals surface area contributed by atoms with E-state index in [1.54, 1.807) is 6.07 Å². The molecule has 0 bridgehead atoms. The molecule has 0 atom stereocenters. The molecule has 1 nitrogen and oxygen atoms in total. The van der Waals surface area contributed by atoms with Gasteiger partial charge in [-0.15, -0.1) is 0 Å². The molecule has 4 heteroatoms. The van der Waals surface area contributed by atoms with E-state index in [0.29, 0.717) is 4.43 Å². The molecule has 0 aliphatic heterocycles. The molecular weight excluding hydrogens is 293 g/mol. The van der Waals surface area contributed by atoms with E-state index in [4.69, 9.17) is 11.6 Å².